The highest BCUT2D eigenvalue weighted by Gasteiger charge is 2.08. The van der Waals surface area contributed by atoms with Gasteiger partial charge in [0.1, 0.15) is 0 Å². The van der Waals surface area contributed by atoms with Crippen molar-refractivity contribution in [1.29, 1.82) is 0 Å². The van der Waals surface area contributed by atoms with Gasteiger partial charge in [-0.25, -0.2) is 0 Å². The number of carboxylic acid groups (broad SMARTS) is 1. The summed E-state index contributed by atoms with van der Waals surface area (Å²) in [6.07, 6.45) is 0.0832. The minimum Gasteiger partial charge on any atom is -0.481 e. The van der Waals surface area contributed by atoms with Gasteiger partial charge < -0.3 is 15.3 Å². The number of likely N-dealkylation sites (N-methyl/N-ethyl adjacent to an activating group) is 1. The molecule has 100 valence electrons. The summed E-state index contributed by atoms with van der Waals surface area (Å²) in [7, 11) is 4.08. The quantitative estimate of drug-likeness (QED) is 0.767. The number of hydrogen-bond acceptors (Lipinski definition) is 3. The molecule has 1 aromatic rings. The zero-order chi connectivity index (χ0) is 13.5. The number of nitrogens with one attached hydrogen (secondary N) is 1. The Bertz CT molecular complexity index is 391. The third kappa shape index (κ3) is 5.29. The molecule has 1 atom stereocenters. The van der Waals surface area contributed by atoms with Crippen LogP contribution in [-0.2, 0) is 17.8 Å². The molecule has 1 rings (SSSR count). The van der Waals surface area contributed by atoms with Crippen LogP contribution in [0.1, 0.15) is 18.1 Å². The summed E-state index contributed by atoms with van der Waals surface area (Å²) >= 11 is 0. The van der Waals surface area contributed by atoms with Crippen LogP contribution in [0.15, 0.2) is 24.3 Å². The molecule has 0 aromatic heterocycles. The molecule has 0 bridgehead atoms. The second-order valence-corrected chi connectivity index (χ2v) is 4.88. The zero-order valence-corrected chi connectivity index (χ0v) is 11.3. The van der Waals surface area contributed by atoms with Crippen LogP contribution in [0, 0.1) is 0 Å². The molecule has 0 aliphatic heterocycles. The van der Waals surface area contributed by atoms with Gasteiger partial charge in [-0.1, -0.05) is 24.3 Å². The van der Waals surface area contributed by atoms with E-state index in [9.17, 15) is 4.79 Å². The molecule has 0 saturated heterocycles. The van der Waals surface area contributed by atoms with Gasteiger partial charge in [0.15, 0.2) is 0 Å². The van der Waals surface area contributed by atoms with E-state index in [1.165, 1.54) is 0 Å². The predicted octanol–water partition coefficient (Wildman–Crippen LogP) is 1.35. The fraction of sp³-hybridized carbons (Fsp3) is 0.500. The zero-order valence-electron chi connectivity index (χ0n) is 11.3. The molecule has 2 N–H and O–H groups in total. The van der Waals surface area contributed by atoms with Crippen molar-refractivity contribution in [3.8, 4) is 0 Å². The molecule has 0 radical (unpaired) electrons. The first-order chi connectivity index (χ1) is 8.49. The Hall–Kier alpha value is -1.39. The molecule has 1 aromatic carbocycles. The number of nitrogens with zero attached hydrogens (tertiary/aromatic N) is 1. The Morgan fingerprint density at radius 3 is 2.50 bits per heavy atom. The molecular formula is C14H22N2O2. The third-order valence-corrected chi connectivity index (χ3v) is 2.74. The van der Waals surface area contributed by atoms with Gasteiger partial charge in [0.05, 0.1) is 6.42 Å². The topological polar surface area (TPSA) is 52.6 Å². The van der Waals surface area contributed by atoms with Crippen LogP contribution in [0.4, 0.5) is 0 Å². The Labute approximate surface area is 109 Å². The molecule has 0 aliphatic rings. The number of rotatable bonds is 7. The summed E-state index contributed by atoms with van der Waals surface area (Å²) in [4.78, 5) is 12.9. The van der Waals surface area contributed by atoms with E-state index in [1.807, 2.05) is 38.4 Å². The number of carboxylic acids is 1. The first kappa shape index (κ1) is 14.7. The average Bonchev–Trinajstić information content (AvgIpc) is 2.26. The first-order valence-corrected chi connectivity index (χ1v) is 6.15. The Morgan fingerprint density at radius 1 is 1.33 bits per heavy atom. The molecule has 0 fully saturated rings. The summed E-state index contributed by atoms with van der Waals surface area (Å²) in [6.45, 7) is 3.79. The van der Waals surface area contributed by atoms with Crippen LogP contribution in [0.3, 0.4) is 0 Å². The molecule has 0 saturated carbocycles. The van der Waals surface area contributed by atoms with E-state index in [0.29, 0.717) is 12.6 Å². The smallest absolute Gasteiger partial charge is 0.307 e. The van der Waals surface area contributed by atoms with E-state index in [1.54, 1.807) is 0 Å². The standard InChI is InChI=1S/C14H22N2O2/c1-11(10-16(2)3)15-9-13-7-5-4-6-12(13)8-14(17)18/h4-7,11,15H,8-10H2,1-3H3,(H,17,18). The normalized spacial score (nSPS) is 12.7. The van der Waals surface area contributed by atoms with Crippen molar-refractivity contribution in [3.05, 3.63) is 35.4 Å². The maximum Gasteiger partial charge on any atom is 0.307 e. The monoisotopic (exact) mass is 250 g/mol. The molecular weight excluding hydrogens is 228 g/mol. The van der Waals surface area contributed by atoms with E-state index < -0.39 is 5.97 Å². The fourth-order valence-corrected chi connectivity index (χ4v) is 1.96. The lowest BCUT2D eigenvalue weighted by Gasteiger charge is -2.19. The molecule has 18 heavy (non-hydrogen) atoms. The van der Waals surface area contributed by atoms with Gasteiger partial charge in [0.25, 0.3) is 0 Å². The largest absolute Gasteiger partial charge is 0.481 e. The highest BCUT2D eigenvalue weighted by atomic mass is 16.4. The van der Waals surface area contributed by atoms with Gasteiger partial charge in [-0.3, -0.25) is 4.79 Å². The molecule has 0 amide bonds. The van der Waals surface area contributed by atoms with Crippen molar-refractivity contribution in [3.63, 3.8) is 0 Å². The van der Waals surface area contributed by atoms with Crippen LogP contribution in [0.2, 0.25) is 0 Å². The van der Waals surface area contributed by atoms with Gasteiger partial charge in [0.2, 0.25) is 0 Å². The molecule has 0 heterocycles. The lowest BCUT2D eigenvalue weighted by atomic mass is 10.0. The van der Waals surface area contributed by atoms with E-state index in [0.717, 1.165) is 17.7 Å². The average molecular weight is 250 g/mol. The van der Waals surface area contributed by atoms with Crippen LogP contribution >= 0.6 is 0 Å². The maximum absolute atomic E-state index is 10.8. The van der Waals surface area contributed by atoms with E-state index >= 15 is 0 Å². The van der Waals surface area contributed by atoms with Gasteiger partial charge in [-0.15, -0.1) is 0 Å². The van der Waals surface area contributed by atoms with E-state index in [-0.39, 0.29) is 6.42 Å². The SMILES string of the molecule is CC(CN(C)C)NCc1ccccc1CC(=O)O. The lowest BCUT2D eigenvalue weighted by Crippen LogP contribution is -2.35. The molecule has 0 spiro atoms. The van der Waals surface area contributed by atoms with Crippen molar-refractivity contribution in [2.75, 3.05) is 20.6 Å². The number of benzene rings is 1. The second kappa shape index (κ2) is 7.13. The maximum atomic E-state index is 10.8. The van der Waals surface area contributed by atoms with Crippen molar-refractivity contribution >= 4 is 5.97 Å². The number of aliphatic carboxylic acids is 1. The molecule has 4 heteroatoms. The third-order valence-electron chi connectivity index (χ3n) is 2.74. The Balaban J connectivity index is 2.58. The Kier molecular flexibility index (Phi) is 5.82. The van der Waals surface area contributed by atoms with Gasteiger partial charge in [-0.05, 0) is 32.1 Å². The predicted molar refractivity (Wildman–Crippen MR) is 72.6 cm³/mol. The summed E-state index contributed by atoms with van der Waals surface area (Å²) in [5.41, 5.74) is 1.94. The van der Waals surface area contributed by atoms with Crippen LogP contribution in [0.25, 0.3) is 0 Å². The molecule has 0 aliphatic carbocycles. The van der Waals surface area contributed by atoms with Crippen molar-refractivity contribution in [2.45, 2.75) is 25.9 Å². The van der Waals surface area contributed by atoms with Crippen molar-refractivity contribution in [2.24, 2.45) is 0 Å². The lowest BCUT2D eigenvalue weighted by molar-refractivity contribution is -0.136. The van der Waals surface area contributed by atoms with Crippen molar-refractivity contribution in [1.82, 2.24) is 10.2 Å². The van der Waals surface area contributed by atoms with Crippen LogP contribution < -0.4 is 5.32 Å². The van der Waals surface area contributed by atoms with E-state index in [4.69, 9.17) is 5.11 Å². The summed E-state index contributed by atoms with van der Waals surface area (Å²) in [5.74, 6) is -0.788. The van der Waals surface area contributed by atoms with E-state index in [2.05, 4.69) is 17.1 Å². The summed E-state index contributed by atoms with van der Waals surface area (Å²) in [5, 5.41) is 12.3. The van der Waals surface area contributed by atoms with Gasteiger partial charge in [-0.2, -0.15) is 0 Å². The molecule has 4 nitrogen and oxygen atoms in total. The summed E-state index contributed by atoms with van der Waals surface area (Å²) in [6, 6.07) is 8.05. The second-order valence-electron chi connectivity index (χ2n) is 4.88. The van der Waals surface area contributed by atoms with Gasteiger partial charge >= 0.3 is 5.97 Å². The Morgan fingerprint density at radius 2 is 1.94 bits per heavy atom. The molecule has 1 unspecified atom stereocenters. The highest BCUT2D eigenvalue weighted by molar-refractivity contribution is 5.70. The first-order valence-electron chi connectivity index (χ1n) is 6.15. The fourth-order valence-electron chi connectivity index (χ4n) is 1.96. The van der Waals surface area contributed by atoms with Crippen LogP contribution in [-0.4, -0.2) is 42.7 Å². The minimum atomic E-state index is -0.788. The number of carbonyl (C=O) groups is 1. The van der Waals surface area contributed by atoms with Crippen LogP contribution in [0.5, 0.6) is 0 Å². The van der Waals surface area contributed by atoms with Gasteiger partial charge in [0, 0.05) is 19.1 Å². The minimum absolute atomic E-state index is 0.0832. The number of hydrogen-bond donors (Lipinski definition) is 2. The van der Waals surface area contributed by atoms with Crippen molar-refractivity contribution < 1.29 is 9.90 Å². The highest BCUT2D eigenvalue weighted by Crippen LogP contribution is 2.09. The summed E-state index contributed by atoms with van der Waals surface area (Å²) < 4.78 is 0.